The third kappa shape index (κ3) is 3.04. The van der Waals surface area contributed by atoms with Crippen molar-refractivity contribution in [3.63, 3.8) is 0 Å². The van der Waals surface area contributed by atoms with Crippen LogP contribution in [0.4, 0.5) is 8.78 Å². The topological polar surface area (TPSA) is 9.23 Å². The van der Waals surface area contributed by atoms with Crippen LogP contribution in [-0.2, 0) is 0 Å². The zero-order valence-electron chi connectivity index (χ0n) is 10.9. The van der Waals surface area contributed by atoms with Crippen LogP contribution in [0.3, 0.4) is 0 Å². The minimum atomic E-state index is -0.422. The SMILES string of the molecule is COc1cc(F)c(Br)cc1C(Br)c1ccc(C)cc1F. The molecule has 2 aromatic carbocycles. The molecule has 0 N–H and O–H groups in total. The molecule has 0 bridgehead atoms. The van der Waals surface area contributed by atoms with Crippen LogP contribution in [0, 0.1) is 18.6 Å². The lowest BCUT2D eigenvalue weighted by Gasteiger charge is -2.16. The van der Waals surface area contributed by atoms with Crippen LogP contribution in [0.25, 0.3) is 0 Å². The maximum atomic E-state index is 14.0. The Hall–Kier alpha value is -0.940. The molecule has 106 valence electrons. The molecule has 0 aliphatic rings. The van der Waals surface area contributed by atoms with Gasteiger partial charge in [0.05, 0.1) is 16.4 Å². The summed E-state index contributed by atoms with van der Waals surface area (Å²) in [7, 11) is 1.46. The highest BCUT2D eigenvalue weighted by molar-refractivity contribution is 9.10. The quantitative estimate of drug-likeness (QED) is 0.610. The van der Waals surface area contributed by atoms with Crippen molar-refractivity contribution >= 4 is 31.9 Å². The van der Waals surface area contributed by atoms with Gasteiger partial charge in [-0.1, -0.05) is 28.1 Å². The second kappa shape index (κ2) is 6.22. The van der Waals surface area contributed by atoms with E-state index in [2.05, 4.69) is 31.9 Å². The molecular weight excluding hydrogens is 394 g/mol. The smallest absolute Gasteiger partial charge is 0.141 e. The summed E-state index contributed by atoms with van der Waals surface area (Å²) in [5, 5.41) is 0. The molecule has 0 aliphatic carbocycles. The Morgan fingerprint density at radius 2 is 1.75 bits per heavy atom. The molecule has 0 spiro atoms. The van der Waals surface area contributed by atoms with E-state index in [1.54, 1.807) is 12.1 Å². The van der Waals surface area contributed by atoms with Gasteiger partial charge in [-0.25, -0.2) is 8.78 Å². The number of halogens is 4. The van der Waals surface area contributed by atoms with Gasteiger partial charge in [0.25, 0.3) is 0 Å². The summed E-state index contributed by atoms with van der Waals surface area (Å²) in [6.45, 7) is 1.82. The molecule has 1 unspecified atom stereocenters. The van der Waals surface area contributed by atoms with Crippen LogP contribution in [0.5, 0.6) is 5.75 Å². The fraction of sp³-hybridized carbons (Fsp3) is 0.200. The fourth-order valence-electron chi connectivity index (χ4n) is 1.92. The average molecular weight is 406 g/mol. The standard InChI is InChI=1S/C15H12Br2F2O/c1-8-3-4-9(12(18)5-8)15(17)10-6-11(16)13(19)7-14(10)20-2/h3-7,15H,1-2H3. The van der Waals surface area contributed by atoms with Gasteiger partial charge >= 0.3 is 0 Å². The third-order valence-corrected chi connectivity index (χ3v) is 4.57. The van der Waals surface area contributed by atoms with Gasteiger partial charge in [-0.2, -0.15) is 0 Å². The Morgan fingerprint density at radius 1 is 1.05 bits per heavy atom. The molecule has 0 saturated heterocycles. The summed E-state index contributed by atoms with van der Waals surface area (Å²) in [6, 6.07) is 7.87. The number of hydrogen-bond donors (Lipinski definition) is 0. The van der Waals surface area contributed by atoms with E-state index >= 15 is 0 Å². The van der Waals surface area contributed by atoms with Gasteiger partial charge in [0.1, 0.15) is 17.4 Å². The molecule has 0 amide bonds. The highest BCUT2D eigenvalue weighted by Crippen LogP contribution is 2.40. The molecular formula is C15H12Br2F2O. The van der Waals surface area contributed by atoms with Gasteiger partial charge in [-0.15, -0.1) is 0 Å². The number of hydrogen-bond acceptors (Lipinski definition) is 1. The van der Waals surface area contributed by atoms with E-state index in [9.17, 15) is 8.78 Å². The summed E-state index contributed by atoms with van der Waals surface area (Å²) >= 11 is 6.59. The summed E-state index contributed by atoms with van der Waals surface area (Å²) < 4.78 is 33.1. The second-order valence-electron chi connectivity index (χ2n) is 4.40. The van der Waals surface area contributed by atoms with Crippen molar-refractivity contribution in [2.24, 2.45) is 0 Å². The molecule has 2 rings (SSSR count). The number of ether oxygens (including phenoxy) is 1. The van der Waals surface area contributed by atoms with Crippen LogP contribution in [0.15, 0.2) is 34.8 Å². The first-order valence-corrected chi connectivity index (χ1v) is 7.58. The van der Waals surface area contributed by atoms with Crippen molar-refractivity contribution in [2.75, 3.05) is 7.11 Å². The van der Waals surface area contributed by atoms with Gasteiger partial charge in [0.2, 0.25) is 0 Å². The molecule has 2 aromatic rings. The number of alkyl halides is 1. The molecule has 0 aliphatic heterocycles. The lowest BCUT2D eigenvalue weighted by atomic mass is 10.0. The minimum Gasteiger partial charge on any atom is -0.496 e. The predicted molar refractivity (Wildman–Crippen MR) is 82.6 cm³/mol. The van der Waals surface area contributed by atoms with Gasteiger partial charge < -0.3 is 4.74 Å². The van der Waals surface area contributed by atoms with Crippen LogP contribution in [0.2, 0.25) is 0 Å². The van der Waals surface area contributed by atoms with E-state index in [4.69, 9.17) is 4.74 Å². The molecule has 0 aromatic heterocycles. The normalized spacial score (nSPS) is 12.3. The van der Waals surface area contributed by atoms with Crippen molar-refractivity contribution < 1.29 is 13.5 Å². The number of rotatable bonds is 3. The number of methoxy groups -OCH3 is 1. The van der Waals surface area contributed by atoms with E-state index in [1.807, 2.05) is 13.0 Å². The lowest BCUT2D eigenvalue weighted by molar-refractivity contribution is 0.406. The number of benzene rings is 2. The highest BCUT2D eigenvalue weighted by atomic mass is 79.9. The van der Waals surface area contributed by atoms with E-state index in [1.165, 1.54) is 19.2 Å². The fourth-order valence-corrected chi connectivity index (χ4v) is 3.01. The van der Waals surface area contributed by atoms with Crippen molar-refractivity contribution in [3.8, 4) is 5.75 Å². The van der Waals surface area contributed by atoms with E-state index < -0.39 is 10.6 Å². The van der Waals surface area contributed by atoms with Gasteiger partial charge in [0.15, 0.2) is 0 Å². The van der Waals surface area contributed by atoms with E-state index in [0.717, 1.165) is 5.56 Å². The van der Waals surface area contributed by atoms with Gasteiger partial charge in [-0.05, 0) is 40.5 Å². The average Bonchev–Trinajstić information content (AvgIpc) is 2.40. The summed E-state index contributed by atoms with van der Waals surface area (Å²) in [5.41, 5.74) is 1.98. The lowest BCUT2D eigenvalue weighted by Crippen LogP contribution is -2.01. The molecule has 0 saturated carbocycles. The molecule has 0 radical (unpaired) electrons. The van der Waals surface area contributed by atoms with Crippen LogP contribution < -0.4 is 4.74 Å². The van der Waals surface area contributed by atoms with Crippen LogP contribution in [-0.4, -0.2) is 7.11 Å². The van der Waals surface area contributed by atoms with Crippen LogP contribution >= 0.6 is 31.9 Å². The molecule has 0 heterocycles. The first-order chi connectivity index (χ1) is 9.43. The molecule has 1 atom stereocenters. The van der Waals surface area contributed by atoms with Crippen molar-refractivity contribution in [2.45, 2.75) is 11.8 Å². The maximum absolute atomic E-state index is 14.0. The van der Waals surface area contributed by atoms with Crippen molar-refractivity contribution in [3.05, 3.63) is 63.1 Å². The van der Waals surface area contributed by atoms with Gasteiger partial charge in [0, 0.05) is 17.2 Å². The molecule has 5 heteroatoms. The Morgan fingerprint density at radius 3 is 2.35 bits per heavy atom. The largest absolute Gasteiger partial charge is 0.496 e. The Kier molecular flexibility index (Phi) is 4.81. The second-order valence-corrected chi connectivity index (χ2v) is 6.17. The molecule has 20 heavy (non-hydrogen) atoms. The van der Waals surface area contributed by atoms with E-state index in [0.29, 0.717) is 21.3 Å². The Balaban J connectivity index is 2.52. The zero-order valence-corrected chi connectivity index (χ0v) is 14.1. The summed E-state index contributed by atoms with van der Waals surface area (Å²) in [5.74, 6) is -0.364. The van der Waals surface area contributed by atoms with Crippen molar-refractivity contribution in [1.29, 1.82) is 0 Å². The Labute approximate surface area is 133 Å². The summed E-state index contributed by atoms with van der Waals surface area (Å²) in [6.07, 6.45) is 0. The highest BCUT2D eigenvalue weighted by Gasteiger charge is 2.20. The first kappa shape index (κ1) is 15.4. The van der Waals surface area contributed by atoms with Crippen LogP contribution in [0.1, 0.15) is 21.5 Å². The first-order valence-electron chi connectivity index (χ1n) is 5.87. The summed E-state index contributed by atoms with van der Waals surface area (Å²) in [4.78, 5) is -0.421. The predicted octanol–water partition coefficient (Wildman–Crippen LogP) is 5.53. The number of aryl methyl sites for hydroxylation is 1. The monoisotopic (exact) mass is 404 g/mol. The van der Waals surface area contributed by atoms with Crippen molar-refractivity contribution in [1.82, 2.24) is 0 Å². The third-order valence-electron chi connectivity index (χ3n) is 2.97. The maximum Gasteiger partial charge on any atom is 0.141 e. The van der Waals surface area contributed by atoms with E-state index in [-0.39, 0.29) is 5.82 Å². The zero-order chi connectivity index (χ0) is 14.9. The molecule has 1 nitrogen and oxygen atoms in total. The van der Waals surface area contributed by atoms with Gasteiger partial charge in [-0.3, -0.25) is 0 Å². The minimum absolute atomic E-state index is 0.310. The molecule has 0 fully saturated rings. The Bertz CT molecular complexity index is 644.